The maximum Gasteiger partial charge on any atom is 0.269 e. The number of carbonyl (C=O) groups is 2. The lowest BCUT2D eigenvalue weighted by molar-refractivity contribution is -0.384. The molecule has 1 aliphatic rings. The highest BCUT2D eigenvalue weighted by atomic mass is 16.6. The second-order valence-corrected chi connectivity index (χ2v) is 7.00. The van der Waals surface area contributed by atoms with Gasteiger partial charge in [0, 0.05) is 42.0 Å². The fourth-order valence-electron chi connectivity index (χ4n) is 3.14. The van der Waals surface area contributed by atoms with Gasteiger partial charge in [-0.3, -0.25) is 19.7 Å². The van der Waals surface area contributed by atoms with Crippen molar-refractivity contribution < 1.29 is 14.5 Å². The molecule has 2 amide bonds. The molecule has 140 valence electrons. The first-order chi connectivity index (χ1) is 12.8. The highest BCUT2D eigenvalue weighted by molar-refractivity contribution is 6.05. The Morgan fingerprint density at radius 3 is 2.52 bits per heavy atom. The Morgan fingerprint density at radius 1 is 1.19 bits per heavy atom. The van der Waals surface area contributed by atoms with Crippen molar-refractivity contribution in [3.8, 4) is 0 Å². The Labute approximate surface area is 157 Å². The zero-order valence-corrected chi connectivity index (χ0v) is 15.3. The monoisotopic (exact) mass is 367 g/mol. The number of hydrogen-bond donors (Lipinski definition) is 1. The maximum atomic E-state index is 12.4. The summed E-state index contributed by atoms with van der Waals surface area (Å²) in [6, 6.07) is 11.0. The third kappa shape index (κ3) is 4.13. The minimum Gasteiger partial charge on any atom is -0.322 e. The van der Waals surface area contributed by atoms with Gasteiger partial charge in [0.2, 0.25) is 5.91 Å². The van der Waals surface area contributed by atoms with E-state index in [9.17, 15) is 19.7 Å². The van der Waals surface area contributed by atoms with Gasteiger partial charge in [0.15, 0.2) is 0 Å². The van der Waals surface area contributed by atoms with E-state index in [2.05, 4.69) is 19.2 Å². The van der Waals surface area contributed by atoms with E-state index in [0.29, 0.717) is 36.6 Å². The van der Waals surface area contributed by atoms with Crippen LogP contribution in [0.4, 0.5) is 17.1 Å². The molecule has 0 radical (unpaired) electrons. The number of nitrogens with zero attached hydrogens (tertiary/aromatic N) is 2. The third-order valence-corrected chi connectivity index (χ3v) is 4.43. The number of hydrogen-bond acceptors (Lipinski definition) is 4. The van der Waals surface area contributed by atoms with Gasteiger partial charge in [-0.25, -0.2) is 0 Å². The van der Waals surface area contributed by atoms with Crippen molar-refractivity contribution in [1.82, 2.24) is 0 Å². The second-order valence-electron chi connectivity index (χ2n) is 7.00. The SMILES string of the molecule is CC(C)CN1C(=O)CCc2cc(NC(=O)c3ccc([N+](=O)[O-])cc3)ccc21. The summed E-state index contributed by atoms with van der Waals surface area (Å²) >= 11 is 0. The van der Waals surface area contributed by atoms with Crippen LogP contribution in [0.2, 0.25) is 0 Å². The average Bonchev–Trinajstić information content (AvgIpc) is 2.64. The van der Waals surface area contributed by atoms with E-state index in [-0.39, 0.29) is 17.5 Å². The fraction of sp³-hybridized carbons (Fsp3) is 0.300. The molecule has 2 aromatic rings. The van der Waals surface area contributed by atoms with Gasteiger partial charge < -0.3 is 10.2 Å². The molecule has 0 aliphatic carbocycles. The lowest BCUT2D eigenvalue weighted by Crippen LogP contribution is -2.37. The van der Waals surface area contributed by atoms with Crippen LogP contribution in [0.3, 0.4) is 0 Å². The number of aryl methyl sites for hydroxylation is 1. The van der Waals surface area contributed by atoms with E-state index in [1.807, 2.05) is 17.0 Å². The van der Waals surface area contributed by atoms with Gasteiger partial charge >= 0.3 is 0 Å². The molecule has 27 heavy (non-hydrogen) atoms. The lowest BCUT2D eigenvalue weighted by atomic mass is 9.99. The molecule has 1 N–H and O–H groups in total. The summed E-state index contributed by atoms with van der Waals surface area (Å²) < 4.78 is 0. The first kappa shape index (κ1) is 18.6. The Hall–Kier alpha value is -3.22. The topological polar surface area (TPSA) is 92.6 Å². The van der Waals surface area contributed by atoms with Crippen LogP contribution in [0.25, 0.3) is 0 Å². The molecule has 1 aliphatic heterocycles. The number of fused-ring (bicyclic) bond motifs is 1. The second kappa shape index (κ2) is 7.57. The molecule has 0 spiro atoms. The van der Waals surface area contributed by atoms with Crippen LogP contribution in [0, 0.1) is 16.0 Å². The van der Waals surface area contributed by atoms with E-state index >= 15 is 0 Å². The molecule has 0 bridgehead atoms. The minimum atomic E-state index is -0.505. The first-order valence-corrected chi connectivity index (χ1v) is 8.84. The molecule has 3 rings (SSSR count). The van der Waals surface area contributed by atoms with Gasteiger partial charge in [0.05, 0.1) is 4.92 Å². The minimum absolute atomic E-state index is 0.0600. The van der Waals surface area contributed by atoms with Gasteiger partial charge in [-0.2, -0.15) is 0 Å². The molecular formula is C20H21N3O4. The number of nitro benzene ring substituents is 1. The zero-order valence-electron chi connectivity index (χ0n) is 15.3. The zero-order chi connectivity index (χ0) is 19.6. The van der Waals surface area contributed by atoms with Gasteiger partial charge in [-0.15, -0.1) is 0 Å². The number of non-ortho nitro benzene ring substituents is 1. The van der Waals surface area contributed by atoms with Crippen LogP contribution in [0.5, 0.6) is 0 Å². The van der Waals surface area contributed by atoms with Gasteiger partial charge in [-0.05, 0) is 48.2 Å². The van der Waals surface area contributed by atoms with E-state index in [0.717, 1.165) is 11.3 Å². The van der Waals surface area contributed by atoms with Crippen LogP contribution in [-0.4, -0.2) is 23.3 Å². The van der Waals surface area contributed by atoms with Gasteiger partial charge in [0.1, 0.15) is 0 Å². The number of nitro groups is 1. The molecule has 1 heterocycles. The summed E-state index contributed by atoms with van der Waals surface area (Å²) in [4.78, 5) is 36.6. The Morgan fingerprint density at radius 2 is 1.89 bits per heavy atom. The van der Waals surface area contributed by atoms with Crippen LogP contribution < -0.4 is 10.2 Å². The van der Waals surface area contributed by atoms with Crippen molar-refractivity contribution in [3.63, 3.8) is 0 Å². The number of anilines is 2. The number of amides is 2. The normalized spacial score (nSPS) is 13.4. The largest absolute Gasteiger partial charge is 0.322 e. The van der Waals surface area contributed by atoms with Crippen molar-refractivity contribution in [3.05, 3.63) is 63.7 Å². The quantitative estimate of drug-likeness (QED) is 0.643. The highest BCUT2D eigenvalue weighted by Gasteiger charge is 2.25. The van der Waals surface area contributed by atoms with Crippen molar-refractivity contribution in [2.75, 3.05) is 16.8 Å². The van der Waals surface area contributed by atoms with Crippen molar-refractivity contribution >= 4 is 28.9 Å². The highest BCUT2D eigenvalue weighted by Crippen LogP contribution is 2.31. The van der Waals surface area contributed by atoms with Crippen LogP contribution >= 0.6 is 0 Å². The van der Waals surface area contributed by atoms with E-state index in [4.69, 9.17) is 0 Å². The summed E-state index contributed by atoms with van der Waals surface area (Å²) in [5.74, 6) is 0.149. The predicted octanol–water partition coefficient (Wildman–Crippen LogP) is 3.78. The van der Waals surface area contributed by atoms with Crippen LogP contribution in [0.15, 0.2) is 42.5 Å². The maximum absolute atomic E-state index is 12.4. The molecule has 0 saturated carbocycles. The standard InChI is InChI=1S/C20H21N3O4/c1-13(2)12-22-18-9-6-16(11-15(18)5-10-19(22)24)21-20(25)14-3-7-17(8-4-14)23(26)27/h3-4,6-9,11,13H,5,10,12H2,1-2H3,(H,21,25). The summed E-state index contributed by atoms with van der Waals surface area (Å²) in [5, 5.41) is 13.5. The van der Waals surface area contributed by atoms with E-state index in [1.165, 1.54) is 24.3 Å². The summed E-state index contributed by atoms with van der Waals surface area (Å²) in [6.45, 7) is 4.81. The molecule has 0 saturated heterocycles. The van der Waals surface area contributed by atoms with Crippen LogP contribution in [0.1, 0.15) is 36.2 Å². The van der Waals surface area contributed by atoms with E-state index in [1.54, 1.807) is 6.07 Å². The Bertz CT molecular complexity index is 891. The number of benzene rings is 2. The summed E-state index contributed by atoms with van der Waals surface area (Å²) in [7, 11) is 0. The third-order valence-electron chi connectivity index (χ3n) is 4.43. The van der Waals surface area contributed by atoms with Gasteiger partial charge in [0.25, 0.3) is 11.6 Å². The Kier molecular flexibility index (Phi) is 5.21. The molecule has 0 unspecified atom stereocenters. The predicted molar refractivity (Wildman–Crippen MR) is 103 cm³/mol. The molecular weight excluding hydrogens is 346 g/mol. The molecule has 0 atom stereocenters. The molecule has 0 fully saturated rings. The molecule has 7 nitrogen and oxygen atoms in total. The smallest absolute Gasteiger partial charge is 0.269 e. The van der Waals surface area contributed by atoms with Crippen molar-refractivity contribution in [2.45, 2.75) is 26.7 Å². The van der Waals surface area contributed by atoms with Crippen LogP contribution in [-0.2, 0) is 11.2 Å². The lowest BCUT2D eigenvalue weighted by Gasteiger charge is -2.31. The van der Waals surface area contributed by atoms with Crippen molar-refractivity contribution in [2.24, 2.45) is 5.92 Å². The van der Waals surface area contributed by atoms with Gasteiger partial charge in [-0.1, -0.05) is 13.8 Å². The first-order valence-electron chi connectivity index (χ1n) is 8.84. The number of carbonyl (C=O) groups excluding carboxylic acids is 2. The summed E-state index contributed by atoms with van der Waals surface area (Å²) in [5.41, 5.74) is 2.84. The van der Waals surface area contributed by atoms with Crippen molar-refractivity contribution in [1.29, 1.82) is 0 Å². The molecule has 7 heteroatoms. The Balaban J connectivity index is 1.77. The molecule has 2 aromatic carbocycles. The average molecular weight is 367 g/mol. The number of nitrogens with one attached hydrogen (secondary N) is 1. The number of rotatable bonds is 5. The molecule has 0 aromatic heterocycles. The summed E-state index contributed by atoms with van der Waals surface area (Å²) in [6.07, 6.45) is 1.10. The van der Waals surface area contributed by atoms with E-state index < -0.39 is 4.92 Å². The fourth-order valence-corrected chi connectivity index (χ4v) is 3.14.